The SMILES string of the molecule is CCCC=C=C(c1ccccc1)c1ccccc1. The standard InChI is InChI=1S/C18H18/c1-2-3-6-15-18(16-11-7-4-8-12-16)17-13-9-5-10-14-17/h4-14H,2-3H2,1H3. The van der Waals surface area contributed by atoms with Crippen LogP contribution in [0.5, 0.6) is 0 Å². The molecule has 0 atom stereocenters. The summed E-state index contributed by atoms with van der Waals surface area (Å²) < 4.78 is 0. The van der Waals surface area contributed by atoms with Gasteiger partial charge < -0.3 is 0 Å². The second-order valence-electron chi connectivity index (χ2n) is 4.24. The Kier molecular flexibility index (Phi) is 4.58. The molecular formula is C18H18. The summed E-state index contributed by atoms with van der Waals surface area (Å²) in [6, 6.07) is 20.9. The first-order valence-electron chi connectivity index (χ1n) is 6.48. The van der Waals surface area contributed by atoms with Crippen LogP contribution in [-0.2, 0) is 0 Å². The van der Waals surface area contributed by atoms with Gasteiger partial charge >= 0.3 is 0 Å². The fourth-order valence-corrected chi connectivity index (χ4v) is 1.86. The monoisotopic (exact) mass is 234 g/mol. The van der Waals surface area contributed by atoms with Crippen molar-refractivity contribution in [2.45, 2.75) is 19.8 Å². The second-order valence-corrected chi connectivity index (χ2v) is 4.24. The summed E-state index contributed by atoms with van der Waals surface area (Å²) in [5, 5.41) is 0. The molecule has 0 saturated carbocycles. The van der Waals surface area contributed by atoms with E-state index in [2.05, 4.69) is 67.3 Å². The maximum absolute atomic E-state index is 3.44. The van der Waals surface area contributed by atoms with Gasteiger partial charge in [0.25, 0.3) is 0 Å². The molecule has 0 aliphatic rings. The van der Waals surface area contributed by atoms with E-state index in [-0.39, 0.29) is 0 Å². The largest absolute Gasteiger partial charge is 0.116 e. The molecule has 0 N–H and O–H groups in total. The summed E-state index contributed by atoms with van der Waals surface area (Å²) in [6.07, 6.45) is 4.36. The van der Waals surface area contributed by atoms with Crippen molar-refractivity contribution in [3.05, 3.63) is 83.6 Å². The molecule has 0 heteroatoms. The number of rotatable bonds is 4. The molecule has 0 unspecified atom stereocenters. The highest BCUT2D eigenvalue weighted by Crippen LogP contribution is 2.21. The summed E-state index contributed by atoms with van der Waals surface area (Å²) in [5.74, 6) is 0. The zero-order chi connectivity index (χ0) is 12.6. The molecule has 0 amide bonds. The number of unbranched alkanes of at least 4 members (excludes halogenated alkanes) is 1. The van der Waals surface area contributed by atoms with Crippen LogP contribution in [0.15, 0.2) is 72.5 Å². The van der Waals surface area contributed by atoms with Crippen molar-refractivity contribution in [1.29, 1.82) is 0 Å². The van der Waals surface area contributed by atoms with E-state index in [0.29, 0.717) is 0 Å². The predicted octanol–water partition coefficient (Wildman–Crippen LogP) is 5.07. The quantitative estimate of drug-likeness (QED) is 0.648. The minimum Gasteiger partial charge on any atom is -0.116 e. The third-order valence-electron chi connectivity index (χ3n) is 2.80. The molecule has 2 rings (SSSR count). The van der Waals surface area contributed by atoms with Gasteiger partial charge in [-0.1, -0.05) is 74.0 Å². The van der Waals surface area contributed by atoms with Gasteiger partial charge in [-0.25, -0.2) is 0 Å². The first-order chi connectivity index (χ1) is 8.92. The van der Waals surface area contributed by atoms with Gasteiger partial charge in [0, 0.05) is 5.57 Å². The number of hydrogen-bond donors (Lipinski definition) is 0. The summed E-state index contributed by atoms with van der Waals surface area (Å²) in [6.45, 7) is 2.18. The minimum atomic E-state index is 1.07. The van der Waals surface area contributed by atoms with Crippen molar-refractivity contribution in [3.63, 3.8) is 0 Å². The number of benzene rings is 2. The molecule has 2 aromatic rings. The first-order valence-corrected chi connectivity index (χ1v) is 6.48. The Morgan fingerprint density at radius 1 is 0.889 bits per heavy atom. The summed E-state index contributed by atoms with van der Waals surface area (Å²) in [4.78, 5) is 0. The van der Waals surface area contributed by atoms with Crippen molar-refractivity contribution in [1.82, 2.24) is 0 Å². The highest BCUT2D eigenvalue weighted by atomic mass is 14.0. The number of hydrogen-bond acceptors (Lipinski definition) is 0. The Hall–Kier alpha value is -2.04. The van der Waals surface area contributed by atoms with Gasteiger partial charge in [-0.3, -0.25) is 0 Å². The lowest BCUT2D eigenvalue weighted by molar-refractivity contribution is 0.960. The topological polar surface area (TPSA) is 0 Å². The van der Waals surface area contributed by atoms with E-state index in [9.17, 15) is 0 Å². The van der Waals surface area contributed by atoms with Crippen LogP contribution in [-0.4, -0.2) is 0 Å². The summed E-state index contributed by atoms with van der Waals surface area (Å²) >= 11 is 0. The molecule has 0 fully saturated rings. The maximum atomic E-state index is 3.44. The van der Waals surface area contributed by atoms with Gasteiger partial charge in [-0.15, -0.1) is 5.73 Å². The Balaban J connectivity index is 2.46. The molecule has 0 heterocycles. The van der Waals surface area contributed by atoms with Gasteiger partial charge in [0.1, 0.15) is 0 Å². The molecule has 0 spiro atoms. The fourth-order valence-electron chi connectivity index (χ4n) is 1.86. The van der Waals surface area contributed by atoms with E-state index >= 15 is 0 Å². The molecule has 0 aliphatic heterocycles. The van der Waals surface area contributed by atoms with Gasteiger partial charge in [-0.2, -0.15) is 0 Å². The predicted molar refractivity (Wildman–Crippen MR) is 78.4 cm³/mol. The summed E-state index contributed by atoms with van der Waals surface area (Å²) in [7, 11) is 0. The maximum Gasteiger partial charge on any atom is 0.0306 e. The molecule has 0 aliphatic carbocycles. The van der Waals surface area contributed by atoms with E-state index in [1.54, 1.807) is 0 Å². The van der Waals surface area contributed by atoms with Gasteiger partial charge in [0.15, 0.2) is 0 Å². The smallest absolute Gasteiger partial charge is 0.0306 e. The van der Waals surface area contributed by atoms with Crippen molar-refractivity contribution in [2.24, 2.45) is 0 Å². The molecule has 90 valence electrons. The highest BCUT2D eigenvalue weighted by Gasteiger charge is 2.02. The third kappa shape index (κ3) is 3.23. The fraction of sp³-hybridized carbons (Fsp3) is 0.167. The Labute approximate surface area is 109 Å². The highest BCUT2D eigenvalue weighted by molar-refractivity contribution is 5.79. The van der Waals surface area contributed by atoms with Gasteiger partial charge in [0.05, 0.1) is 0 Å². The van der Waals surface area contributed by atoms with Crippen LogP contribution in [0.25, 0.3) is 5.57 Å². The van der Waals surface area contributed by atoms with Crippen molar-refractivity contribution in [2.75, 3.05) is 0 Å². The first kappa shape index (κ1) is 12.4. The molecule has 0 aromatic heterocycles. The van der Waals surface area contributed by atoms with Crippen molar-refractivity contribution >= 4 is 5.57 Å². The lowest BCUT2D eigenvalue weighted by Crippen LogP contribution is -1.85. The van der Waals surface area contributed by atoms with Gasteiger partial charge in [-0.05, 0) is 23.6 Å². The van der Waals surface area contributed by atoms with Crippen LogP contribution in [0.1, 0.15) is 30.9 Å². The lowest BCUT2D eigenvalue weighted by Gasteiger charge is -2.05. The van der Waals surface area contributed by atoms with Crippen LogP contribution in [0.3, 0.4) is 0 Å². The van der Waals surface area contributed by atoms with Crippen molar-refractivity contribution in [3.8, 4) is 0 Å². The normalized spacial score (nSPS) is 9.61. The van der Waals surface area contributed by atoms with E-state index in [1.807, 2.05) is 12.1 Å². The molecule has 0 saturated heterocycles. The van der Waals surface area contributed by atoms with Crippen LogP contribution in [0.2, 0.25) is 0 Å². The molecule has 2 aromatic carbocycles. The Morgan fingerprint density at radius 2 is 1.39 bits per heavy atom. The molecule has 0 nitrogen and oxygen atoms in total. The van der Waals surface area contributed by atoms with E-state index in [0.717, 1.165) is 12.8 Å². The van der Waals surface area contributed by atoms with E-state index in [1.165, 1.54) is 16.7 Å². The Morgan fingerprint density at radius 3 is 1.83 bits per heavy atom. The zero-order valence-corrected chi connectivity index (χ0v) is 10.8. The van der Waals surface area contributed by atoms with E-state index < -0.39 is 0 Å². The lowest BCUT2D eigenvalue weighted by atomic mass is 9.99. The van der Waals surface area contributed by atoms with Gasteiger partial charge in [0.2, 0.25) is 0 Å². The average molecular weight is 234 g/mol. The van der Waals surface area contributed by atoms with Crippen molar-refractivity contribution < 1.29 is 0 Å². The second kappa shape index (κ2) is 6.64. The zero-order valence-electron chi connectivity index (χ0n) is 10.8. The third-order valence-corrected chi connectivity index (χ3v) is 2.80. The number of allylic oxidation sites excluding steroid dienone is 1. The van der Waals surface area contributed by atoms with Crippen LogP contribution >= 0.6 is 0 Å². The minimum absolute atomic E-state index is 1.07. The Bertz CT molecular complexity index is 487. The van der Waals surface area contributed by atoms with Crippen LogP contribution in [0, 0.1) is 0 Å². The molecule has 0 radical (unpaired) electrons. The summed E-state index contributed by atoms with van der Waals surface area (Å²) in [5.41, 5.74) is 7.05. The van der Waals surface area contributed by atoms with E-state index in [4.69, 9.17) is 0 Å². The molecule has 18 heavy (non-hydrogen) atoms. The van der Waals surface area contributed by atoms with Crippen LogP contribution < -0.4 is 0 Å². The molecule has 0 bridgehead atoms. The average Bonchev–Trinajstić information content (AvgIpc) is 2.46. The molecular weight excluding hydrogens is 216 g/mol. The van der Waals surface area contributed by atoms with Crippen LogP contribution in [0.4, 0.5) is 0 Å².